The molecule has 106 valence electrons. The van der Waals surface area contributed by atoms with E-state index in [1.807, 2.05) is 0 Å². The molecule has 8 heteroatoms. The summed E-state index contributed by atoms with van der Waals surface area (Å²) in [5.41, 5.74) is 5.74. The third kappa shape index (κ3) is 4.25. The van der Waals surface area contributed by atoms with Crippen molar-refractivity contribution in [3.8, 4) is 0 Å². The highest BCUT2D eigenvalue weighted by Gasteiger charge is 2.26. The second kappa shape index (κ2) is 6.58. The van der Waals surface area contributed by atoms with Crippen molar-refractivity contribution in [1.82, 2.24) is 5.32 Å². The Labute approximate surface area is 109 Å². The Kier molecular flexibility index (Phi) is 5.37. The van der Waals surface area contributed by atoms with Crippen LogP contribution in [0.5, 0.6) is 0 Å². The molecule has 0 spiro atoms. The van der Waals surface area contributed by atoms with Crippen molar-refractivity contribution in [3.63, 3.8) is 0 Å². The average molecular weight is 292 g/mol. The van der Waals surface area contributed by atoms with E-state index in [0.717, 1.165) is 12.1 Å². The summed E-state index contributed by atoms with van der Waals surface area (Å²) >= 11 is 0. The van der Waals surface area contributed by atoms with E-state index in [0.29, 0.717) is 18.7 Å². The van der Waals surface area contributed by atoms with Crippen LogP contribution >= 0.6 is 0 Å². The molecule has 0 aliphatic rings. The molecule has 5 nitrogen and oxygen atoms in total. The fourth-order valence-corrected chi connectivity index (χ4v) is 2.08. The van der Waals surface area contributed by atoms with Crippen LogP contribution in [0.1, 0.15) is 5.56 Å². The number of carbonyl (C=O) groups is 1. The van der Waals surface area contributed by atoms with Gasteiger partial charge in [-0.2, -0.15) is 8.78 Å². The number of rotatable bonds is 6. The van der Waals surface area contributed by atoms with Crippen LogP contribution in [0.4, 0.5) is 8.78 Å². The predicted molar refractivity (Wildman–Crippen MR) is 65.4 cm³/mol. The number of nitrogens with one attached hydrogen (secondary N) is 1. The zero-order valence-corrected chi connectivity index (χ0v) is 10.8. The standard InChI is InChI=1S/C11H14F2N2O3S/c12-11(13)19(17,18)9-3-1-8(2-4-9)7-10(16)15-6-5-14/h1-4,11H,5-7,14H2,(H,15,16). The highest BCUT2D eigenvalue weighted by atomic mass is 32.2. The van der Waals surface area contributed by atoms with Crippen LogP contribution in [-0.2, 0) is 21.1 Å². The molecule has 0 fully saturated rings. The van der Waals surface area contributed by atoms with E-state index in [4.69, 9.17) is 5.73 Å². The monoisotopic (exact) mass is 292 g/mol. The van der Waals surface area contributed by atoms with Gasteiger partial charge in [-0.1, -0.05) is 12.1 Å². The van der Waals surface area contributed by atoms with Crippen molar-refractivity contribution in [2.24, 2.45) is 5.73 Å². The lowest BCUT2D eigenvalue weighted by atomic mass is 10.1. The number of alkyl halides is 2. The maximum Gasteiger partial charge on any atom is 0.341 e. The topological polar surface area (TPSA) is 89.3 Å². The largest absolute Gasteiger partial charge is 0.355 e. The summed E-state index contributed by atoms with van der Waals surface area (Å²) in [5.74, 6) is -3.72. The van der Waals surface area contributed by atoms with Gasteiger partial charge in [-0.05, 0) is 17.7 Å². The third-order valence-corrected chi connectivity index (χ3v) is 3.72. The molecule has 0 aliphatic carbocycles. The van der Waals surface area contributed by atoms with E-state index in [1.54, 1.807) is 0 Å². The van der Waals surface area contributed by atoms with Crippen LogP contribution in [0, 0.1) is 0 Å². The van der Waals surface area contributed by atoms with Gasteiger partial charge in [0.15, 0.2) is 0 Å². The quantitative estimate of drug-likeness (QED) is 0.789. The molecule has 1 aromatic carbocycles. The Bertz CT molecular complexity index is 529. The van der Waals surface area contributed by atoms with Gasteiger partial charge in [0.05, 0.1) is 11.3 Å². The molecule has 0 heterocycles. The van der Waals surface area contributed by atoms with Gasteiger partial charge >= 0.3 is 5.76 Å². The van der Waals surface area contributed by atoms with Crippen molar-refractivity contribution in [2.75, 3.05) is 13.1 Å². The van der Waals surface area contributed by atoms with Crippen molar-refractivity contribution in [3.05, 3.63) is 29.8 Å². The normalized spacial score (nSPS) is 11.6. The highest BCUT2D eigenvalue weighted by Crippen LogP contribution is 2.18. The summed E-state index contributed by atoms with van der Waals surface area (Å²) in [6, 6.07) is 4.79. The average Bonchev–Trinajstić information content (AvgIpc) is 2.36. The molecule has 3 N–H and O–H groups in total. The molecule has 0 atom stereocenters. The van der Waals surface area contributed by atoms with Crippen LogP contribution in [0.25, 0.3) is 0 Å². The van der Waals surface area contributed by atoms with E-state index in [-0.39, 0.29) is 12.3 Å². The number of nitrogens with two attached hydrogens (primary N) is 1. The van der Waals surface area contributed by atoms with Gasteiger partial charge in [0, 0.05) is 13.1 Å². The molecule has 0 radical (unpaired) electrons. The molecule has 0 saturated heterocycles. The third-order valence-electron chi connectivity index (χ3n) is 2.32. The summed E-state index contributed by atoms with van der Waals surface area (Å²) in [5, 5.41) is 2.54. The summed E-state index contributed by atoms with van der Waals surface area (Å²) in [4.78, 5) is 10.9. The molecular formula is C11H14F2N2O3S. The molecule has 0 aromatic heterocycles. The van der Waals surface area contributed by atoms with Crippen LogP contribution in [0.3, 0.4) is 0 Å². The van der Waals surface area contributed by atoms with Crippen LogP contribution in [-0.4, -0.2) is 33.2 Å². The summed E-state index contributed by atoms with van der Waals surface area (Å²) in [7, 11) is -4.59. The molecule has 0 saturated carbocycles. The van der Waals surface area contributed by atoms with Crippen molar-refractivity contribution >= 4 is 15.7 Å². The van der Waals surface area contributed by atoms with E-state index >= 15 is 0 Å². The number of hydrogen-bond donors (Lipinski definition) is 2. The fourth-order valence-electron chi connectivity index (χ4n) is 1.36. The van der Waals surface area contributed by atoms with Crippen LogP contribution in [0.15, 0.2) is 29.2 Å². The molecule has 0 unspecified atom stereocenters. The molecule has 1 aromatic rings. The minimum absolute atomic E-state index is 0.0367. The van der Waals surface area contributed by atoms with E-state index < -0.39 is 20.5 Å². The van der Waals surface area contributed by atoms with Gasteiger partial charge in [0.2, 0.25) is 15.7 Å². The lowest BCUT2D eigenvalue weighted by Crippen LogP contribution is -2.30. The Morgan fingerprint density at radius 3 is 2.32 bits per heavy atom. The molecule has 1 amide bonds. The summed E-state index contributed by atoms with van der Waals surface area (Å²) in [6.07, 6.45) is 0.0367. The van der Waals surface area contributed by atoms with E-state index in [9.17, 15) is 22.0 Å². The number of halogens is 2. The van der Waals surface area contributed by atoms with Crippen LogP contribution < -0.4 is 11.1 Å². The first-order valence-electron chi connectivity index (χ1n) is 5.45. The number of amides is 1. The molecule has 19 heavy (non-hydrogen) atoms. The van der Waals surface area contributed by atoms with E-state index in [2.05, 4.69) is 5.32 Å². The lowest BCUT2D eigenvalue weighted by molar-refractivity contribution is -0.120. The number of benzene rings is 1. The number of carbonyl (C=O) groups excluding carboxylic acids is 1. The van der Waals surface area contributed by atoms with Crippen molar-refractivity contribution < 1.29 is 22.0 Å². The first-order valence-corrected chi connectivity index (χ1v) is 7.00. The van der Waals surface area contributed by atoms with Gasteiger partial charge in [-0.15, -0.1) is 0 Å². The molecule has 0 aliphatic heterocycles. The van der Waals surface area contributed by atoms with Gasteiger partial charge in [-0.3, -0.25) is 4.79 Å². The Morgan fingerprint density at radius 2 is 1.84 bits per heavy atom. The smallest absolute Gasteiger partial charge is 0.341 e. The number of sulfone groups is 1. The second-order valence-corrected chi connectivity index (χ2v) is 5.68. The zero-order chi connectivity index (χ0) is 14.5. The molecular weight excluding hydrogens is 278 g/mol. The first kappa shape index (κ1) is 15.5. The predicted octanol–water partition coefficient (Wildman–Crippen LogP) is 0.300. The zero-order valence-electron chi connectivity index (χ0n) is 9.97. The maximum absolute atomic E-state index is 12.3. The van der Waals surface area contributed by atoms with Gasteiger partial charge in [0.25, 0.3) is 0 Å². The van der Waals surface area contributed by atoms with Crippen molar-refractivity contribution in [2.45, 2.75) is 17.1 Å². The van der Waals surface area contributed by atoms with Gasteiger partial charge in [-0.25, -0.2) is 8.42 Å². The minimum atomic E-state index is -4.59. The maximum atomic E-state index is 12.3. The van der Waals surface area contributed by atoms with E-state index in [1.165, 1.54) is 12.1 Å². The van der Waals surface area contributed by atoms with Crippen molar-refractivity contribution in [1.29, 1.82) is 0 Å². The number of hydrogen-bond acceptors (Lipinski definition) is 4. The molecule has 0 bridgehead atoms. The SMILES string of the molecule is NCCNC(=O)Cc1ccc(S(=O)(=O)C(F)F)cc1. The van der Waals surface area contributed by atoms with Gasteiger partial charge in [0.1, 0.15) is 0 Å². The Hall–Kier alpha value is -1.54. The lowest BCUT2D eigenvalue weighted by Gasteiger charge is -2.06. The summed E-state index contributed by atoms with van der Waals surface area (Å²) in [6.45, 7) is 0.661. The fraction of sp³-hybridized carbons (Fsp3) is 0.364. The summed E-state index contributed by atoms with van der Waals surface area (Å²) < 4.78 is 46.9. The first-order chi connectivity index (χ1) is 8.87. The highest BCUT2D eigenvalue weighted by molar-refractivity contribution is 7.91. The Balaban J connectivity index is 2.75. The van der Waals surface area contributed by atoms with Crippen LogP contribution in [0.2, 0.25) is 0 Å². The molecule has 1 rings (SSSR count). The minimum Gasteiger partial charge on any atom is -0.355 e. The Morgan fingerprint density at radius 1 is 1.26 bits per heavy atom. The second-order valence-electron chi connectivity index (χ2n) is 3.77. The van der Waals surface area contributed by atoms with Gasteiger partial charge < -0.3 is 11.1 Å².